The molecule has 6 nitrogen and oxygen atoms in total. The molecule has 0 spiro atoms. The average molecular weight is 344 g/mol. The Morgan fingerprint density at radius 1 is 1.12 bits per heavy atom. The van der Waals surface area contributed by atoms with Crippen molar-refractivity contribution in [3.05, 3.63) is 60.3 Å². The molecular formula is C20H20N6. The first-order valence-corrected chi connectivity index (χ1v) is 8.68. The van der Waals surface area contributed by atoms with Crippen LogP contribution in [0, 0.1) is 11.3 Å². The Labute approximate surface area is 151 Å². The van der Waals surface area contributed by atoms with Crippen molar-refractivity contribution in [3.63, 3.8) is 0 Å². The summed E-state index contributed by atoms with van der Waals surface area (Å²) in [5.74, 6) is 1.55. The summed E-state index contributed by atoms with van der Waals surface area (Å²) in [4.78, 5) is 4.55. The van der Waals surface area contributed by atoms with E-state index in [9.17, 15) is 0 Å². The topological polar surface area (TPSA) is 99.5 Å². The van der Waals surface area contributed by atoms with Crippen LogP contribution in [-0.2, 0) is 0 Å². The molecule has 0 radical (unpaired) electrons. The van der Waals surface area contributed by atoms with Gasteiger partial charge in [0.15, 0.2) is 5.82 Å². The number of amidine groups is 1. The summed E-state index contributed by atoms with van der Waals surface area (Å²) in [6, 6.07) is 15.2. The van der Waals surface area contributed by atoms with Crippen LogP contribution in [0.25, 0.3) is 10.8 Å². The minimum Gasteiger partial charge on any atom is -0.384 e. The maximum absolute atomic E-state index is 7.45. The predicted molar refractivity (Wildman–Crippen MR) is 105 cm³/mol. The lowest BCUT2D eigenvalue weighted by Crippen LogP contribution is -2.10. The second-order valence-corrected chi connectivity index (χ2v) is 6.53. The van der Waals surface area contributed by atoms with E-state index in [4.69, 9.17) is 11.1 Å². The van der Waals surface area contributed by atoms with Gasteiger partial charge in [-0.3, -0.25) is 5.41 Å². The lowest BCUT2D eigenvalue weighted by molar-refractivity contribution is 0.883. The van der Waals surface area contributed by atoms with Gasteiger partial charge in [-0.2, -0.15) is 5.11 Å². The van der Waals surface area contributed by atoms with Gasteiger partial charge < -0.3 is 11.1 Å². The van der Waals surface area contributed by atoms with Crippen LogP contribution in [0.2, 0.25) is 0 Å². The molecule has 3 aromatic rings. The largest absolute Gasteiger partial charge is 0.384 e. The van der Waals surface area contributed by atoms with Crippen molar-refractivity contribution in [2.75, 3.05) is 11.9 Å². The molecule has 4 rings (SSSR count). The number of pyridine rings is 1. The highest BCUT2D eigenvalue weighted by Gasteiger charge is 2.21. The number of rotatable bonds is 6. The molecule has 0 aliphatic heterocycles. The summed E-state index contributed by atoms with van der Waals surface area (Å²) in [5.41, 5.74) is 7.61. The van der Waals surface area contributed by atoms with Crippen LogP contribution in [0.4, 0.5) is 17.2 Å². The summed E-state index contributed by atoms with van der Waals surface area (Å²) in [5, 5.41) is 21.8. The van der Waals surface area contributed by atoms with Crippen LogP contribution < -0.4 is 11.1 Å². The number of hydrogen-bond acceptors (Lipinski definition) is 5. The van der Waals surface area contributed by atoms with Crippen molar-refractivity contribution in [2.45, 2.75) is 12.8 Å². The van der Waals surface area contributed by atoms with Gasteiger partial charge in [-0.25, -0.2) is 4.98 Å². The van der Waals surface area contributed by atoms with Gasteiger partial charge in [-0.15, -0.1) is 5.11 Å². The van der Waals surface area contributed by atoms with E-state index < -0.39 is 0 Å². The second kappa shape index (κ2) is 6.92. The average Bonchev–Trinajstić information content (AvgIpc) is 3.49. The molecule has 4 N–H and O–H groups in total. The van der Waals surface area contributed by atoms with E-state index in [-0.39, 0.29) is 5.84 Å². The van der Waals surface area contributed by atoms with E-state index >= 15 is 0 Å². The van der Waals surface area contributed by atoms with Gasteiger partial charge in [0, 0.05) is 29.1 Å². The molecule has 1 fully saturated rings. The number of nitrogens with zero attached hydrogens (tertiary/aromatic N) is 3. The Morgan fingerprint density at radius 2 is 1.88 bits per heavy atom. The van der Waals surface area contributed by atoms with E-state index in [1.54, 1.807) is 24.3 Å². The molecule has 0 amide bonds. The molecule has 130 valence electrons. The number of fused-ring (bicyclic) bond motifs is 1. The molecule has 0 unspecified atom stereocenters. The summed E-state index contributed by atoms with van der Waals surface area (Å²) in [6.07, 6.45) is 4.42. The lowest BCUT2D eigenvalue weighted by atomic mass is 10.1. The van der Waals surface area contributed by atoms with E-state index in [0.29, 0.717) is 11.3 Å². The molecule has 1 aromatic heterocycles. The molecule has 0 atom stereocenters. The number of aromatic nitrogens is 1. The van der Waals surface area contributed by atoms with Crippen molar-refractivity contribution in [3.8, 4) is 0 Å². The molecule has 0 saturated heterocycles. The number of benzene rings is 2. The van der Waals surface area contributed by atoms with Gasteiger partial charge in [0.1, 0.15) is 11.5 Å². The van der Waals surface area contributed by atoms with E-state index in [1.165, 1.54) is 12.8 Å². The fourth-order valence-corrected chi connectivity index (χ4v) is 2.76. The quantitative estimate of drug-likeness (QED) is 0.341. The van der Waals surface area contributed by atoms with Crippen molar-refractivity contribution >= 4 is 33.8 Å². The van der Waals surface area contributed by atoms with Crippen molar-refractivity contribution in [1.82, 2.24) is 4.98 Å². The van der Waals surface area contributed by atoms with Gasteiger partial charge >= 0.3 is 0 Å². The Morgan fingerprint density at radius 3 is 2.62 bits per heavy atom. The number of anilines is 1. The van der Waals surface area contributed by atoms with Gasteiger partial charge in [0.2, 0.25) is 0 Å². The molecule has 1 aliphatic carbocycles. The molecule has 2 aromatic carbocycles. The smallest absolute Gasteiger partial charge is 0.154 e. The zero-order valence-corrected chi connectivity index (χ0v) is 14.3. The van der Waals surface area contributed by atoms with Crippen LogP contribution in [-0.4, -0.2) is 17.4 Å². The van der Waals surface area contributed by atoms with Crippen molar-refractivity contribution in [2.24, 2.45) is 21.9 Å². The highest BCUT2D eigenvalue weighted by molar-refractivity contribution is 5.96. The Kier molecular flexibility index (Phi) is 4.31. The van der Waals surface area contributed by atoms with Gasteiger partial charge in [0.25, 0.3) is 0 Å². The zero-order valence-electron chi connectivity index (χ0n) is 14.3. The third kappa shape index (κ3) is 3.54. The van der Waals surface area contributed by atoms with Gasteiger partial charge in [-0.1, -0.05) is 24.3 Å². The fourth-order valence-electron chi connectivity index (χ4n) is 2.76. The number of nitrogen functional groups attached to an aromatic ring is 1. The number of nitrogens with two attached hydrogens (primary N) is 1. The lowest BCUT2D eigenvalue weighted by Gasteiger charge is -2.09. The molecule has 26 heavy (non-hydrogen) atoms. The Hall–Kier alpha value is -3.28. The van der Waals surface area contributed by atoms with Gasteiger partial charge in [0.05, 0.1) is 5.69 Å². The Balaban J connectivity index is 1.68. The zero-order chi connectivity index (χ0) is 17.9. The molecule has 6 heteroatoms. The van der Waals surface area contributed by atoms with Gasteiger partial charge in [-0.05, 0) is 43.0 Å². The molecule has 1 saturated carbocycles. The van der Waals surface area contributed by atoms with Crippen LogP contribution >= 0.6 is 0 Å². The predicted octanol–water partition coefficient (Wildman–Crippen LogP) is 4.76. The molecule has 1 aliphatic rings. The summed E-state index contributed by atoms with van der Waals surface area (Å²) < 4.78 is 0. The third-order valence-electron chi connectivity index (χ3n) is 4.47. The SMILES string of the molecule is N=C(N)c1ccc(N=Nc2c(NCC3CC3)ncc3ccccc23)cc1. The molecule has 0 bridgehead atoms. The normalized spacial score (nSPS) is 14.0. The van der Waals surface area contributed by atoms with Crippen LogP contribution in [0.1, 0.15) is 18.4 Å². The molecular weight excluding hydrogens is 324 g/mol. The Bertz CT molecular complexity index is 973. The van der Waals surface area contributed by atoms with Crippen LogP contribution in [0.3, 0.4) is 0 Å². The first-order valence-electron chi connectivity index (χ1n) is 8.68. The maximum atomic E-state index is 7.45. The van der Waals surface area contributed by atoms with Crippen LogP contribution in [0.5, 0.6) is 0 Å². The maximum Gasteiger partial charge on any atom is 0.154 e. The number of nitrogens with one attached hydrogen (secondary N) is 2. The van der Waals surface area contributed by atoms with Crippen molar-refractivity contribution in [1.29, 1.82) is 5.41 Å². The molecule has 1 heterocycles. The first kappa shape index (κ1) is 16.2. The summed E-state index contributed by atoms with van der Waals surface area (Å²) in [7, 11) is 0. The highest BCUT2D eigenvalue weighted by Crippen LogP contribution is 2.35. The monoisotopic (exact) mass is 344 g/mol. The van der Waals surface area contributed by atoms with Crippen molar-refractivity contribution < 1.29 is 0 Å². The summed E-state index contributed by atoms with van der Waals surface area (Å²) >= 11 is 0. The standard InChI is InChI=1S/C20H20N6/c21-19(22)14-7-9-16(10-8-14)25-26-18-17-4-2-1-3-15(17)12-24-20(18)23-11-13-5-6-13/h1-4,7-10,12-13H,5-6,11H2,(H3,21,22)(H,23,24). The second-order valence-electron chi connectivity index (χ2n) is 6.53. The van der Waals surface area contributed by atoms with Crippen LogP contribution in [0.15, 0.2) is 65.0 Å². The third-order valence-corrected chi connectivity index (χ3v) is 4.47. The summed E-state index contributed by atoms with van der Waals surface area (Å²) in [6.45, 7) is 0.918. The fraction of sp³-hybridized carbons (Fsp3) is 0.200. The number of hydrogen-bond donors (Lipinski definition) is 3. The minimum atomic E-state index is 0.0401. The van der Waals surface area contributed by atoms with E-state index in [1.807, 2.05) is 30.5 Å². The first-order chi connectivity index (χ1) is 12.7. The number of azo groups is 1. The minimum absolute atomic E-state index is 0.0401. The highest BCUT2D eigenvalue weighted by atomic mass is 15.1. The van der Waals surface area contributed by atoms with E-state index in [2.05, 4.69) is 20.5 Å². The van der Waals surface area contributed by atoms with E-state index in [0.717, 1.165) is 34.7 Å².